The smallest absolute Gasteiger partial charge is 0.214 e. The van der Waals surface area contributed by atoms with E-state index in [1.165, 1.54) is 11.3 Å². The van der Waals surface area contributed by atoms with E-state index in [1.54, 1.807) is 16.4 Å². The van der Waals surface area contributed by atoms with E-state index in [4.69, 9.17) is 0 Å². The molecule has 1 aromatic heterocycles. The lowest BCUT2D eigenvalue weighted by Crippen LogP contribution is -3.00. The molecular weight excluding hydrogens is 380 g/mol. The molecule has 0 amide bonds. The summed E-state index contributed by atoms with van der Waals surface area (Å²) in [5.74, 6) is 0.972. The summed E-state index contributed by atoms with van der Waals surface area (Å²) >= 11 is 1.68. The van der Waals surface area contributed by atoms with Crippen LogP contribution in [-0.2, 0) is 6.54 Å². The molecule has 2 aromatic carbocycles. The zero-order chi connectivity index (χ0) is 18.2. The number of anilines is 1. The largest absolute Gasteiger partial charge is 1.00 e. The van der Waals surface area contributed by atoms with Gasteiger partial charge in [0, 0.05) is 32.1 Å². The number of hydrogen-bond donors (Lipinski definition) is 1. The quantitative estimate of drug-likeness (QED) is 0.401. The van der Waals surface area contributed by atoms with Crippen molar-refractivity contribution in [3.8, 4) is 5.69 Å². The lowest BCUT2D eigenvalue weighted by molar-refractivity contribution is -0.00000547. The van der Waals surface area contributed by atoms with Gasteiger partial charge in [-0.15, -0.1) is 5.10 Å². The average molecular weight is 404 g/mol. The molecule has 0 atom stereocenters. The molecule has 144 valence electrons. The van der Waals surface area contributed by atoms with Gasteiger partial charge in [0.15, 0.2) is 0 Å². The van der Waals surface area contributed by atoms with Crippen LogP contribution in [0.4, 0.5) is 5.69 Å². The van der Waals surface area contributed by atoms with Crippen molar-refractivity contribution in [2.24, 2.45) is 0 Å². The molecule has 0 aliphatic rings. The first-order valence-corrected chi connectivity index (χ1v) is 9.66. The first kappa shape index (κ1) is 21.2. The fourth-order valence-electron chi connectivity index (χ4n) is 2.51. The SMILES string of the molecule is CN(C)c1ccc(CNCCCSc2nnnn2-c2ccccc2)cc1.[Cl-]. The number of benzene rings is 2. The Labute approximate surface area is 170 Å². The summed E-state index contributed by atoms with van der Waals surface area (Å²) in [6, 6.07) is 18.6. The van der Waals surface area contributed by atoms with Crippen molar-refractivity contribution in [2.45, 2.75) is 18.1 Å². The summed E-state index contributed by atoms with van der Waals surface area (Å²) in [5, 5.41) is 16.3. The molecule has 27 heavy (non-hydrogen) atoms. The Morgan fingerprint density at radius 2 is 1.78 bits per heavy atom. The van der Waals surface area contributed by atoms with E-state index < -0.39 is 0 Å². The summed E-state index contributed by atoms with van der Waals surface area (Å²) in [4.78, 5) is 2.11. The molecule has 0 saturated carbocycles. The van der Waals surface area contributed by atoms with E-state index in [0.29, 0.717) is 0 Å². The third-order valence-electron chi connectivity index (χ3n) is 3.95. The molecule has 3 rings (SSSR count). The number of hydrogen-bond acceptors (Lipinski definition) is 6. The number of thioether (sulfide) groups is 1. The molecule has 0 fully saturated rings. The summed E-state index contributed by atoms with van der Waals surface area (Å²) in [5.41, 5.74) is 3.51. The van der Waals surface area contributed by atoms with Crippen LogP contribution in [0.1, 0.15) is 12.0 Å². The highest BCUT2D eigenvalue weighted by Gasteiger charge is 2.07. The summed E-state index contributed by atoms with van der Waals surface area (Å²) in [6.45, 7) is 1.86. The molecule has 0 saturated heterocycles. The highest BCUT2D eigenvalue weighted by atomic mass is 35.5. The molecule has 0 unspecified atom stereocenters. The second kappa shape index (κ2) is 10.9. The van der Waals surface area contributed by atoms with Gasteiger partial charge >= 0.3 is 0 Å². The molecule has 6 nitrogen and oxygen atoms in total. The molecule has 1 N–H and O–H groups in total. The second-order valence-electron chi connectivity index (χ2n) is 6.15. The first-order chi connectivity index (χ1) is 12.7. The number of halogens is 1. The Balaban J connectivity index is 0.00000261. The molecule has 3 aromatic rings. The van der Waals surface area contributed by atoms with E-state index in [0.717, 1.165) is 36.1 Å². The molecule has 0 radical (unpaired) electrons. The van der Waals surface area contributed by atoms with Crippen LogP contribution in [0.2, 0.25) is 0 Å². The Kier molecular flexibility index (Phi) is 8.57. The Morgan fingerprint density at radius 3 is 2.48 bits per heavy atom. The van der Waals surface area contributed by atoms with Crippen molar-refractivity contribution >= 4 is 17.4 Å². The molecule has 0 spiro atoms. The van der Waals surface area contributed by atoms with E-state index >= 15 is 0 Å². The van der Waals surface area contributed by atoms with Gasteiger partial charge in [0.2, 0.25) is 5.16 Å². The normalized spacial score (nSPS) is 10.4. The van der Waals surface area contributed by atoms with Crippen molar-refractivity contribution < 1.29 is 12.4 Å². The highest BCUT2D eigenvalue weighted by molar-refractivity contribution is 7.99. The van der Waals surface area contributed by atoms with Crippen molar-refractivity contribution in [3.63, 3.8) is 0 Å². The Morgan fingerprint density at radius 1 is 1.04 bits per heavy atom. The van der Waals surface area contributed by atoms with Crippen LogP contribution in [0.25, 0.3) is 5.69 Å². The van der Waals surface area contributed by atoms with Crippen LogP contribution in [0.5, 0.6) is 0 Å². The number of rotatable bonds is 9. The van der Waals surface area contributed by atoms with Crippen LogP contribution in [-0.4, -0.2) is 46.6 Å². The van der Waals surface area contributed by atoms with Gasteiger partial charge in [-0.25, -0.2) is 0 Å². The summed E-state index contributed by atoms with van der Waals surface area (Å²) in [7, 11) is 4.11. The van der Waals surface area contributed by atoms with Crippen LogP contribution in [0, 0.1) is 0 Å². The number of nitrogens with zero attached hydrogens (tertiary/aromatic N) is 5. The molecule has 0 bridgehead atoms. The minimum absolute atomic E-state index is 0. The van der Waals surface area contributed by atoms with E-state index in [1.807, 2.05) is 30.3 Å². The minimum Gasteiger partial charge on any atom is -1.00 e. The van der Waals surface area contributed by atoms with Gasteiger partial charge in [-0.1, -0.05) is 42.1 Å². The van der Waals surface area contributed by atoms with Crippen molar-refractivity contribution in [3.05, 3.63) is 60.2 Å². The predicted molar refractivity (Wildman–Crippen MR) is 107 cm³/mol. The lowest BCUT2D eigenvalue weighted by atomic mass is 10.2. The van der Waals surface area contributed by atoms with Crippen LogP contribution in [0.15, 0.2) is 59.8 Å². The fourth-order valence-corrected chi connectivity index (χ4v) is 3.34. The third-order valence-corrected chi connectivity index (χ3v) is 4.96. The van der Waals surface area contributed by atoms with Gasteiger partial charge in [0.05, 0.1) is 5.69 Å². The summed E-state index contributed by atoms with van der Waals surface area (Å²) < 4.78 is 1.78. The minimum atomic E-state index is 0. The maximum Gasteiger partial charge on any atom is 0.214 e. The highest BCUT2D eigenvalue weighted by Crippen LogP contribution is 2.18. The zero-order valence-corrected chi connectivity index (χ0v) is 17.1. The Bertz CT molecular complexity index is 791. The topological polar surface area (TPSA) is 58.9 Å². The van der Waals surface area contributed by atoms with Crippen molar-refractivity contribution in [2.75, 3.05) is 31.3 Å². The predicted octanol–water partition coefficient (Wildman–Crippen LogP) is 0.00430. The second-order valence-corrected chi connectivity index (χ2v) is 7.21. The van der Waals surface area contributed by atoms with Gasteiger partial charge in [0.1, 0.15) is 0 Å². The number of nitrogens with one attached hydrogen (secondary N) is 1. The van der Waals surface area contributed by atoms with E-state index in [2.05, 4.69) is 64.1 Å². The molecule has 0 aliphatic heterocycles. The first-order valence-electron chi connectivity index (χ1n) is 8.67. The van der Waals surface area contributed by atoms with Gasteiger partial charge in [0.25, 0.3) is 0 Å². The van der Waals surface area contributed by atoms with Crippen LogP contribution < -0.4 is 22.6 Å². The van der Waals surface area contributed by atoms with E-state index in [-0.39, 0.29) is 12.4 Å². The summed E-state index contributed by atoms with van der Waals surface area (Å²) in [6.07, 6.45) is 1.06. The zero-order valence-electron chi connectivity index (χ0n) is 15.5. The molecule has 0 aliphatic carbocycles. The molecule has 1 heterocycles. The van der Waals surface area contributed by atoms with E-state index in [9.17, 15) is 0 Å². The average Bonchev–Trinajstić information content (AvgIpc) is 3.14. The van der Waals surface area contributed by atoms with Crippen molar-refractivity contribution in [1.82, 2.24) is 25.5 Å². The van der Waals surface area contributed by atoms with Crippen LogP contribution >= 0.6 is 11.8 Å². The molecular formula is C19H24ClN6S-. The molecule has 8 heteroatoms. The van der Waals surface area contributed by atoms with Gasteiger partial charge < -0.3 is 22.6 Å². The van der Waals surface area contributed by atoms with Gasteiger partial charge in [-0.2, -0.15) is 4.68 Å². The number of aromatic nitrogens is 4. The lowest BCUT2D eigenvalue weighted by Gasteiger charge is -2.12. The van der Waals surface area contributed by atoms with Gasteiger partial charge in [-0.3, -0.25) is 0 Å². The third kappa shape index (κ3) is 6.23. The number of para-hydroxylation sites is 1. The standard InChI is InChI=1S/C19H24N6S.ClH/c1-24(2)17-11-9-16(10-12-17)15-20-13-6-14-26-19-21-22-23-25(19)18-7-4-3-5-8-18;/h3-5,7-12,20H,6,13-15H2,1-2H3;1H/p-1. The number of tetrazole rings is 1. The fraction of sp³-hybridized carbons (Fsp3) is 0.316. The van der Waals surface area contributed by atoms with Crippen molar-refractivity contribution in [1.29, 1.82) is 0 Å². The maximum atomic E-state index is 4.12. The Hall–Kier alpha value is -2.09. The monoisotopic (exact) mass is 403 g/mol. The maximum absolute atomic E-state index is 4.12. The van der Waals surface area contributed by atoms with Crippen LogP contribution in [0.3, 0.4) is 0 Å². The van der Waals surface area contributed by atoms with Gasteiger partial charge in [-0.05, 0) is 53.2 Å².